The van der Waals surface area contributed by atoms with Crippen LogP contribution < -0.4 is 14.2 Å². The highest BCUT2D eigenvalue weighted by Gasteiger charge is 2.30. The molecule has 1 unspecified atom stereocenters. The Morgan fingerprint density at radius 2 is 1.63 bits per heavy atom. The number of likely N-dealkylation sites (tertiary alicyclic amines) is 1. The van der Waals surface area contributed by atoms with Crippen LogP contribution in [0.25, 0.3) is 11.0 Å². The van der Waals surface area contributed by atoms with Crippen molar-refractivity contribution in [1.29, 1.82) is 0 Å². The largest absolute Gasteiger partial charge is 0.493 e. The van der Waals surface area contributed by atoms with E-state index in [2.05, 4.69) is 17.0 Å². The lowest BCUT2D eigenvalue weighted by Crippen LogP contribution is -2.38. The monoisotopic (exact) mass is 664 g/mol. The van der Waals surface area contributed by atoms with Gasteiger partial charge in [-0.15, -0.1) is 0 Å². The van der Waals surface area contributed by atoms with Crippen molar-refractivity contribution in [3.8, 4) is 17.2 Å². The molecule has 6 rings (SSSR count). The number of imidazole rings is 1. The van der Waals surface area contributed by atoms with Crippen LogP contribution in [0.5, 0.6) is 17.2 Å². The van der Waals surface area contributed by atoms with Crippen molar-refractivity contribution in [2.75, 3.05) is 54.6 Å². The van der Waals surface area contributed by atoms with Gasteiger partial charge >= 0.3 is 0 Å². The summed E-state index contributed by atoms with van der Waals surface area (Å²) in [6, 6.07) is 23.6. The molecule has 10 heteroatoms. The van der Waals surface area contributed by atoms with E-state index in [1.807, 2.05) is 60.1 Å². The van der Waals surface area contributed by atoms with E-state index in [-0.39, 0.29) is 23.5 Å². The maximum absolute atomic E-state index is 13.9. The number of methoxy groups -OCH3 is 3. The van der Waals surface area contributed by atoms with Gasteiger partial charge in [0.15, 0.2) is 17.3 Å². The van der Waals surface area contributed by atoms with E-state index in [1.165, 1.54) is 5.56 Å². The van der Waals surface area contributed by atoms with Crippen LogP contribution in [-0.2, 0) is 6.54 Å². The number of hydrogen-bond acceptors (Lipinski definition) is 8. The minimum absolute atomic E-state index is 0.0803. The number of furan rings is 1. The zero-order valence-electron chi connectivity index (χ0n) is 28.6. The number of carbonyl (C=O) groups excluding carboxylic acids is 2. The predicted molar refractivity (Wildman–Crippen MR) is 188 cm³/mol. The van der Waals surface area contributed by atoms with E-state index in [1.54, 1.807) is 50.9 Å². The molecule has 3 aromatic carbocycles. The van der Waals surface area contributed by atoms with Crippen molar-refractivity contribution in [2.45, 2.75) is 31.7 Å². The second-order valence-corrected chi connectivity index (χ2v) is 12.6. The third-order valence-corrected chi connectivity index (χ3v) is 9.57. The van der Waals surface area contributed by atoms with Crippen LogP contribution in [-0.4, -0.2) is 85.6 Å². The summed E-state index contributed by atoms with van der Waals surface area (Å²) in [5.41, 5.74) is 4.43. The van der Waals surface area contributed by atoms with Crippen LogP contribution in [0.15, 0.2) is 89.7 Å². The van der Waals surface area contributed by atoms with Gasteiger partial charge in [-0.25, -0.2) is 4.98 Å². The summed E-state index contributed by atoms with van der Waals surface area (Å²) >= 11 is 0. The van der Waals surface area contributed by atoms with Gasteiger partial charge in [0, 0.05) is 36.6 Å². The SMILES string of the molecule is COc1cc(C(=O)N(C)CC(CCN2CCC(C(=O)c3nc4ccccc4n3Cc3ccoc3)CC2)c2ccccc2)cc(OC)c1OC. The summed E-state index contributed by atoms with van der Waals surface area (Å²) in [7, 11) is 6.45. The van der Waals surface area contributed by atoms with E-state index in [0.29, 0.717) is 41.7 Å². The zero-order valence-corrected chi connectivity index (χ0v) is 28.6. The number of benzene rings is 3. The molecule has 0 spiro atoms. The number of para-hydroxylation sites is 2. The maximum Gasteiger partial charge on any atom is 0.253 e. The molecule has 1 atom stereocenters. The molecule has 10 nitrogen and oxygen atoms in total. The number of amides is 1. The number of aromatic nitrogens is 2. The van der Waals surface area contributed by atoms with Crippen LogP contribution in [0, 0.1) is 5.92 Å². The van der Waals surface area contributed by atoms with Crippen molar-refractivity contribution >= 4 is 22.7 Å². The lowest BCUT2D eigenvalue weighted by molar-refractivity contribution is 0.0778. The molecule has 256 valence electrons. The Hall–Kier alpha value is -5.09. The fraction of sp³-hybridized carbons (Fsp3) is 0.359. The van der Waals surface area contributed by atoms with Gasteiger partial charge in [0.05, 0.1) is 51.4 Å². The lowest BCUT2D eigenvalue weighted by Gasteiger charge is -2.33. The topological polar surface area (TPSA) is 99.3 Å². The van der Waals surface area contributed by atoms with Crippen LogP contribution in [0.3, 0.4) is 0 Å². The summed E-state index contributed by atoms with van der Waals surface area (Å²) in [5.74, 6) is 1.87. The van der Waals surface area contributed by atoms with Gasteiger partial charge in [-0.3, -0.25) is 9.59 Å². The number of ketones is 1. The Kier molecular flexibility index (Phi) is 10.6. The Bertz CT molecular complexity index is 1840. The summed E-state index contributed by atoms with van der Waals surface area (Å²) in [4.78, 5) is 36.6. The van der Waals surface area contributed by atoms with Crippen LogP contribution >= 0.6 is 0 Å². The summed E-state index contributed by atoms with van der Waals surface area (Å²) in [6.07, 6.45) is 5.80. The predicted octanol–water partition coefficient (Wildman–Crippen LogP) is 6.54. The Balaban J connectivity index is 1.10. The minimum atomic E-state index is -0.127. The van der Waals surface area contributed by atoms with Crippen LogP contribution in [0.1, 0.15) is 57.3 Å². The van der Waals surface area contributed by atoms with Crippen LogP contribution in [0.4, 0.5) is 0 Å². The first kappa shape index (κ1) is 33.8. The van der Waals surface area contributed by atoms with E-state index in [9.17, 15) is 9.59 Å². The van der Waals surface area contributed by atoms with Gasteiger partial charge in [0.1, 0.15) is 0 Å². The molecule has 1 fully saturated rings. The maximum atomic E-state index is 13.9. The molecule has 0 N–H and O–H groups in total. The van der Waals surface area contributed by atoms with Crippen molar-refractivity contribution in [3.63, 3.8) is 0 Å². The number of fused-ring (bicyclic) bond motifs is 1. The summed E-state index contributed by atoms with van der Waals surface area (Å²) in [5, 5.41) is 0. The fourth-order valence-electron chi connectivity index (χ4n) is 6.86. The van der Waals surface area contributed by atoms with E-state index in [4.69, 9.17) is 23.6 Å². The molecule has 1 amide bonds. The molecule has 1 saturated heterocycles. The molecule has 1 aliphatic heterocycles. The molecular formula is C39H44N4O6. The van der Waals surface area contributed by atoms with Gasteiger partial charge in [-0.2, -0.15) is 0 Å². The van der Waals surface area contributed by atoms with Crippen molar-refractivity contribution in [2.24, 2.45) is 5.92 Å². The number of piperidine rings is 1. The number of rotatable bonds is 14. The highest BCUT2D eigenvalue weighted by atomic mass is 16.5. The second kappa shape index (κ2) is 15.4. The Morgan fingerprint density at radius 3 is 2.29 bits per heavy atom. The molecule has 0 radical (unpaired) electrons. The molecule has 1 aliphatic rings. The average molecular weight is 665 g/mol. The molecule has 2 aromatic heterocycles. The average Bonchev–Trinajstić information content (AvgIpc) is 3.80. The molecule has 3 heterocycles. The van der Waals surface area contributed by atoms with E-state index >= 15 is 0 Å². The van der Waals surface area contributed by atoms with Gasteiger partial charge in [0.2, 0.25) is 11.5 Å². The number of ether oxygens (including phenoxy) is 3. The van der Waals surface area contributed by atoms with Crippen molar-refractivity contribution in [3.05, 3.63) is 108 Å². The second-order valence-electron chi connectivity index (χ2n) is 12.6. The van der Waals surface area contributed by atoms with Gasteiger partial charge in [-0.1, -0.05) is 42.5 Å². The zero-order chi connectivity index (χ0) is 34.3. The van der Waals surface area contributed by atoms with Crippen LogP contribution in [0.2, 0.25) is 0 Å². The number of hydrogen-bond donors (Lipinski definition) is 0. The molecule has 0 bridgehead atoms. The van der Waals surface area contributed by atoms with E-state index in [0.717, 1.165) is 55.5 Å². The highest BCUT2D eigenvalue weighted by Crippen LogP contribution is 2.38. The third-order valence-electron chi connectivity index (χ3n) is 9.57. The first-order valence-corrected chi connectivity index (χ1v) is 16.7. The Labute approximate surface area is 287 Å². The molecular weight excluding hydrogens is 620 g/mol. The highest BCUT2D eigenvalue weighted by molar-refractivity contribution is 5.98. The fourth-order valence-corrected chi connectivity index (χ4v) is 6.86. The molecule has 0 saturated carbocycles. The normalized spacial score (nSPS) is 14.4. The van der Waals surface area contributed by atoms with Gasteiger partial charge in [-0.05, 0) is 74.8 Å². The lowest BCUT2D eigenvalue weighted by atomic mass is 9.90. The van der Waals surface area contributed by atoms with Gasteiger partial charge < -0.3 is 33.0 Å². The molecule has 0 aliphatic carbocycles. The molecule has 5 aromatic rings. The smallest absolute Gasteiger partial charge is 0.253 e. The van der Waals surface area contributed by atoms with Crippen molar-refractivity contribution < 1.29 is 28.2 Å². The quantitative estimate of drug-likeness (QED) is 0.123. The number of Topliss-reactive ketones (excluding diaryl/α,β-unsaturated/α-hetero) is 1. The van der Waals surface area contributed by atoms with E-state index < -0.39 is 0 Å². The summed E-state index contributed by atoms with van der Waals surface area (Å²) < 4.78 is 23.7. The first-order chi connectivity index (χ1) is 23.9. The molecule has 49 heavy (non-hydrogen) atoms. The number of likely N-dealkylation sites (N-methyl/N-ethyl adjacent to an activating group) is 1. The Morgan fingerprint density at radius 1 is 0.939 bits per heavy atom. The standard InChI is InChI=1S/C39H44N4O6/c1-41(39(45)31-22-34(46-2)37(48-4)35(23-31)47-3)25-30(28-10-6-5-7-11-28)16-20-42-18-14-29(15-19-42)36(44)38-40-32-12-8-9-13-33(32)43(38)24-27-17-21-49-26-27/h5-13,17,21-23,26,29-30H,14-16,18-20,24-25H2,1-4H3. The van der Waals surface area contributed by atoms with Crippen molar-refractivity contribution in [1.82, 2.24) is 19.4 Å². The number of nitrogens with zero attached hydrogens (tertiary/aromatic N) is 4. The minimum Gasteiger partial charge on any atom is -0.493 e. The third kappa shape index (κ3) is 7.49. The van der Waals surface area contributed by atoms with Gasteiger partial charge in [0.25, 0.3) is 5.91 Å². The number of carbonyl (C=O) groups is 2. The summed E-state index contributed by atoms with van der Waals surface area (Å²) in [6.45, 7) is 3.61. The first-order valence-electron chi connectivity index (χ1n) is 16.7.